The van der Waals surface area contributed by atoms with Crippen LogP contribution < -0.4 is 16.9 Å². The Bertz CT molecular complexity index is 442. The number of rotatable bonds is 1. The molecule has 1 aromatic carbocycles. The number of nitrogens with one attached hydrogen (secondary N) is 1. The van der Waals surface area contributed by atoms with Crippen LogP contribution in [0.15, 0.2) is 30.3 Å². The van der Waals surface area contributed by atoms with Gasteiger partial charge in [0, 0.05) is 5.39 Å². The van der Waals surface area contributed by atoms with Gasteiger partial charge in [0.2, 0.25) is 0 Å². The highest BCUT2D eigenvalue weighted by Crippen LogP contribution is 2.19. The molecule has 0 unspecified atom stereocenters. The molecule has 62 valence electrons. The lowest BCUT2D eigenvalue weighted by Crippen LogP contribution is -2.10. The molecule has 4 heteroatoms. The van der Waals surface area contributed by atoms with Crippen molar-refractivity contribution in [1.29, 1.82) is 0 Å². The lowest BCUT2D eigenvalue weighted by Gasteiger charge is -2.04. The highest BCUT2D eigenvalue weighted by molar-refractivity contribution is 6.31. The van der Waals surface area contributed by atoms with Crippen molar-refractivity contribution in [2.75, 3.05) is 5.43 Å². The smallest absolute Gasteiger partial charge is 0.141 e. The average molecular weight is 169 g/mol. The van der Waals surface area contributed by atoms with Crippen molar-refractivity contribution in [2.45, 2.75) is 0 Å². The van der Waals surface area contributed by atoms with Crippen molar-refractivity contribution < 1.29 is 0 Å². The molecule has 0 aliphatic heterocycles. The fraction of sp³-hybridized carbons (Fsp3) is 0. The molecule has 0 fully saturated rings. The van der Waals surface area contributed by atoms with Crippen LogP contribution in [0.4, 0.5) is 5.69 Å². The number of nitrogen functional groups attached to an aromatic ring is 1. The quantitative estimate of drug-likeness (QED) is 0.367. The Kier molecular flexibility index (Phi) is 1.90. The number of pyridine rings is 1. The second-order valence-electron chi connectivity index (χ2n) is 2.75. The first-order chi connectivity index (χ1) is 6.31. The fourth-order valence-electron chi connectivity index (χ4n) is 1.30. The summed E-state index contributed by atoms with van der Waals surface area (Å²) >= 11 is 0. The number of nitrogens with two attached hydrogens (primary N) is 1. The molecule has 3 N–H and O–H groups in total. The Morgan fingerprint density at radius 2 is 2.08 bits per heavy atom. The van der Waals surface area contributed by atoms with Gasteiger partial charge in [-0.2, -0.15) is 0 Å². The molecular weight excluding hydrogens is 161 g/mol. The number of aromatic nitrogens is 1. The molecule has 0 saturated carbocycles. The van der Waals surface area contributed by atoms with Gasteiger partial charge in [-0.15, -0.1) is 0 Å². The summed E-state index contributed by atoms with van der Waals surface area (Å²) in [5.41, 5.74) is 4.82. The molecule has 3 nitrogen and oxygen atoms in total. The van der Waals surface area contributed by atoms with Crippen molar-refractivity contribution in [3.05, 3.63) is 30.3 Å². The van der Waals surface area contributed by atoms with Crippen LogP contribution in [0, 0.1) is 0 Å². The van der Waals surface area contributed by atoms with Gasteiger partial charge in [-0.05, 0) is 23.8 Å². The van der Waals surface area contributed by atoms with Gasteiger partial charge >= 0.3 is 0 Å². The summed E-state index contributed by atoms with van der Waals surface area (Å²) in [6.07, 6.45) is 0. The first-order valence-electron chi connectivity index (χ1n) is 3.93. The number of anilines is 1. The van der Waals surface area contributed by atoms with E-state index in [2.05, 4.69) is 10.4 Å². The second-order valence-corrected chi connectivity index (χ2v) is 2.75. The number of hydrogen-bond acceptors (Lipinski definition) is 3. The summed E-state index contributed by atoms with van der Waals surface area (Å²) in [5, 5.41) is 0.971. The molecule has 0 saturated heterocycles. The predicted molar refractivity (Wildman–Crippen MR) is 54.9 cm³/mol. The van der Waals surface area contributed by atoms with E-state index in [9.17, 15) is 0 Å². The van der Waals surface area contributed by atoms with Crippen LogP contribution in [0.3, 0.4) is 0 Å². The SMILES string of the molecule is [B]c1ccc2c(NN)cccc2n1. The Morgan fingerprint density at radius 3 is 2.85 bits per heavy atom. The van der Waals surface area contributed by atoms with Crippen LogP contribution in [-0.4, -0.2) is 12.8 Å². The number of fused-ring (bicyclic) bond motifs is 1. The van der Waals surface area contributed by atoms with Gasteiger partial charge in [0.25, 0.3) is 0 Å². The van der Waals surface area contributed by atoms with Crippen LogP contribution in [0.1, 0.15) is 0 Å². The summed E-state index contributed by atoms with van der Waals surface area (Å²) in [7, 11) is 5.55. The van der Waals surface area contributed by atoms with Gasteiger partial charge in [0.15, 0.2) is 0 Å². The molecule has 0 amide bonds. The highest BCUT2D eigenvalue weighted by atomic mass is 15.2. The van der Waals surface area contributed by atoms with Gasteiger partial charge in [-0.25, -0.2) is 0 Å². The number of hydrogen-bond donors (Lipinski definition) is 2. The van der Waals surface area contributed by atoms with E-state index in [4.69, 9.17) is 13.7 Å². The molecule has 0 aliphatic rings. The second kappa shape index (κ2) is 3.07. The molecule has 1 aromatic heterocycles. The van der Waals surface area contributed by atoms with E-state index in [0.29, 0.717) is 5.59 Å². The fourth-order valence-corrected chi connectivity index (χ4v) is 1.30. The standard InChI is InChI=1S/C9H8BN3/c10-9-5-4-6-7(12-9)2-1-3-8(6)13-11/h1-5,13H,11H2. The molecule has 2 radical (unpaired) electrons. The highest BCUT2D eigenvalue weighted by Gasteiger charge is 1.98. The van der Waals surface area contributed by atoms with Crippen LogP contribution in [0.25, 0.3) is 10.9 Å². The Hall–Kier alpha value is -1.55. The zero-order valence-electron chi connectivity index (χ0n) is 6.99. The third-order valence-electron chi connectivity index (χ3n) is 1.91. The summed E-state index contributed by atoms with van der Waals surface area (Å²) < 4.78 is 0. The van der Waals surface area contributed by atoms with Crippen LogP contribution in [0.2, 0.25) is 0 Å². The van der Waals surface area contributed by atoms with E-state index in [1.54, 1.807) is 6.07 Å². The third kappa shape index (κ3) is 1.36. The van der Waals surface area contributed by atoms with E-state index >= 15 is 0 Å². The van der Waals surface area contributed by atoms with Gasteiger partial charge in [-0.3, -0.25) is 10.8 Å². The van der Waals surface area contributed by atoms with Crippen LogP contribution in [-0.2, 0) is 0 Å². The van der Waals surface area contributed by atoms with Crippen LogP contribution >= 0.6 is 0 Å². The van der Waals surface area contributed by atoms with E-state index < -0.39 is 0 Å². The van der Waals surface area contributed by atoms with Gasteiger partial charge in [-0.1, -0.05) is 12.1 Å². The predicted octanol–water partition coefficient (Wildman–Crippen LogP) is 0.314. The monoisotopic (exact) mass is 169 g/mol. The molecule has 13 heavy (non-hydrogen) atoms. The Morgan fingerprint density at radius 1 is 1.23 bits per heavy atom. The number of nitrogens with zero attached hydrogens (tertiary/aromatic N) is 1. The minimum atomic E-state index is 0.515. The molecule has 0 atom stereocenters. The zero-order chi connectivity index (χ0) is 9.26. The minimum Gasteiger partial charge on any atom is -0.323 e. The lowest BCUT2D eigenvalue weighted by molar-refractivity contribution is 1.36. The molecule has 2 aromatic rings. The summed E-state index contributed by atoms with van der Waals surface area (Å²) in [6.45, 7) is 0. The third-order valence-corrected chi connectivity index (χ3v) is 1.91. The minimum absolute atomic E-state index is 0.515. The van der Waals surface area contributed by atoms with Crippen molar-refractivity contribution in [3.8, 4) is 0 Å². The normalized spacial score (nSPS) is 10.2. The van der Waals surface area contributed by atoms with Crippen molar-refractivity contribution in [2.24, 2.45) is 5.84 Å². The lowest BCUT2D eigenvalue weighted by atomic mass is 10.0. The average Bonchev–Trinajstić information content (AvgIpc) is 2.16. The first-order valence-corrected chi connectivity index (χ1v) is 3.93. The van der Waals surface area contributed by atoms with E-state index in [-0.39, 0.29) is 0 Å². The Labute approximate surface area is 77.3 Å². The molecule has 0 bridgehead atoms. The Balaban J connectivity index is 2.77. The first kappa shape index (κ1) is 8.07. The summed E-state index contributed by atoms with van der Waals surface area (Å²) in [4.78, 5) is 4.17. The van der Waals surface area contributed by atoms with Crippen molar-refractivity contribution in [1.82, 2.24) is 4.98 Å². The van der Waals surface area contributed by atoms with Crippen molar-refractivity contribution in [3.63, 3.8) is 0 Å². The summed E-state index contributed by atoms with van der Waals surface area (Å²) in [5.74, 6) is 5.34. The molecule has 0 aliphatic carbocycles. The number of hydrazine groups is 1. The molecule has 1 heterocycles. The van der Waals surface area contributed by atoms with Crippen LogP contribution in [0.5, 0.6) is 0 Å². The number of benzene rings is 1. The van der Waals surface area contributed by atoms with Crippen molar-refractivity contribution >= 4 is 30.0 Å². The van der Waals surface area contributed by atoms with E-state index in [0.717, 1.165) is 16.6 Å². The van der Waals surface area contributed by atoms with Gasteiger partial charge < -0.3 is 5.43 Å². The molecule has 0 spiro atoms. The maximum atomic E-state index is 5.55. The van der Waals surface area contributed by atoms with E-state index in [1.165, 1.54) is 0 Å². The largest absolute Gasteiger partial charge is 0.323 e. The maximum absolute atomic E-state index is 5.55. The van der Waals surface area contributed by atoms with Gasteiger partial charge in [0.05, 0.1) is 11.2 Å². The summed E-state index contributed by atoms with van der Waals surface area (Å²) in [6, 6.07) is 9.31. The topological polar surface area (TPSA) is 50.9 Å². The molecule has 2 rings (SSSR count). The van der Waals surface area contributed by atoms with Gasteiger partial charge in [0.1, 0.15) is 7.85 Å². The molecular formula is C9H8BN3. The van der Waals surface area contributed by atoms with E-state index in [1.807, 2.05) is 24.3 Å². The maximum Gasteiger partial charge on any atom is 0.141 e. The zero-order valence-corrected chi connectivity index (χ0v) is 6.99.